The Labute approximate surface area is 266 Å². The van der Waals surface area contributed by atoms with Crippen LogP contribution in [0.5, 0.6) is 0 Å². The summed E-state index contributed by atoms with van der Waals surface area (Å²) in [6.45, 7) is 19.4. The van der Waals surface area contributed by atoms with Crippen molar-refractivity contribution < 1.29 is 0 Å². The van der Waals surface area contributed by atoms with Crippen LogP contribution in [0.25, 0.3) is 17.2 Å². The minimum atomic E-state index is -0.460. The summed E-state index contributed by atoms with van der Waals surface area (Å²) in [5.74, 6) is 2.40. The van der Waals surface area contributed by atoms with Crippen LogP contribution in [-0.4, -0.2) is 30.3 Å². The lowest BCUT2D eigenvalue weighted by Crippen LogP contribution is -2.30. The first-order valence-corrected chi connectivity index (χ1v) is 15.7. The number of aromatic nitrogens is 5. The first-order chi connectivity index (χ1) is 21.2. The van der Waals surface area contributed by atoms with Crippen LogP contribution in [-0.2, 0) is 10.8 Å². The lowest BCUT2D eigenvalue weighted by molar-refractivity contribution is 0.545. The Hall–Kier alpha value is -4.66. The minimum absolute atomic E-state index is 0.0993. The maximum Gasteiger partial charge on any atom is 0.167 e. The molecule has 0 fully saturated rings. The summed E-state index contributed by atoms with van der Waals surface area (Å²) in [5, 5.41) is 31.2. The van der Waals surface area contributed by atoms with E-state index in [4.69, 9.17) is 15.2 Å². The topological polar surface area (TPSA) is 108 Å². The molecule has 45 heavy (non-hydrogen) atoms. The highest BCUT2D eigenvalue weighted by atomic mass is 15.5. The molecular weight excluding hydrogens is 558 g/mol. The summed E-state index contributed by atoms with van der Waals surface area (Å²) in [6.07, 6.45) is 18.2. The molecule has 9 heteroatoms. The third-order valence-corrected chi connectivity index (χ3v) is 8.24. The highest BCUT2D eigenvalue weighted by Crippen LogP contribution is 2.46. The monoisotopic (exact) mass is 603 g/mol. The molecule has 4 N–H and O–H groups in total. The molecule has 3 aromatic rings. The number of fused-ring (bicyclic) bond motifs is 3. The van der Waals surface area contributed by atoms with Crippen LogP contribution in [0.4, 0.5) is 5.82 Å². The van der Waals surface area contributed by atoms with Gasteiger partial charge in [-0.1, -0.05) is 92.7 Å². The second kappa shape index (κ2) is 10.8. The van der Waals surface area contributed by atoms with Gasteiger partial charge in [0.2, 0.25) is 0 Å². The Morgan fingerprint density at radius 3 is 1.84 bits per heavy atom. The molecule has 0 saturated carbocycles. The van der Waals surface area contributed by atoms with Gasteiger partial charge in [0.05, 0.1) is 34.7 Å². The van der Waals surface area contributed by atoms with Crippen LogP contribution in [0.2, 0.25) is 0 Å². The van der Waals surface area contributed by atoms with E-state index in [1.165, 1.54) is 0 Å². The molecule has 6 heterocycles. The van der Waals surface area contributed by atoms with Crippen molar-refractivity contribution in [3.05, 3.63) is 101 Å². The highest BCUT2D eigenvalue weighted by Gasteiger charge is 2.41. The van der Waals surface area contributed by atoms with Crippen molar-refractivity contribution in [1.29, 1.82) is 5.41 Å². The van der Waals surface area contributed by atoms with Gasteiger partial charge >= 0.3 is 0 Å². The van der Waals surface area contributed by atoms with E-state index in [1.54, 1.807) is 6.20 Å². The van der Waals surface area contributed by atoms with Crippen molar-refractivity contribution in [2.24, 2.45) is 5.41 Å². The van der Waals surface area contributed by atoms with Crippen LogP contribution >= 0.6 is 0 Å². The van der Waals surface area contributed by atoms with Crippen molar-refractivity contribution in [3.63, 3.8) is 0 Å². The lowest BCUT2D eigenvalue weighted by Gasteiger charge is -2.30. The van der Waals surface area contributed by atoms with E-state index in [1.807, 2.05) is 52.1 Å². The molecule has 3 aliphatic heterocycles. The van der Waals surface area contributed by atoms with Crippen molar-refractivity contribution >= 4 is 22.9 Å². The minimum Gasteiger partial charge on any atom is -0.380 e. The second-order valence-corrected chi connectivity index (χ2v) is 15.0. The number of nitrogens with one attached hydrogen (secondary N) is 4. The van der Waals surface area contributed by atoms with Crippen molar-refractivity contribution in [3.8, 4) is 5.82 Å². The molecule has 0 aromatic carbocycles. The zero-order valence-corrected chi connectivity index (χ0v) is 27.8. The smallest absolute Gasteiger partial charge is 0.167 e. The van der Waals surface area contributed by atoms with Gasteiger partial charge in [-0.3, -0.25) is 4.98 Å². The summed E-state index contributed by atoms with van der Waals surface area (Å²) < 4.78 is 4.00. The average molecular weight is 604 g/mol. The Balaban J connectivity index is 1.78. The van der Waals surface area contributed by atoms with Crippen LogP contribution in [0.3, 0.4) is 0 Å². The number of hydrogen-bond acceptors (Lipinski definition) is 7. The summed E-state index contributed by atoms with van der Waals surface area (Å²) in [6, 6.07) is 5.62. The quantitative estimate of drug-likeness (QED) is 0.233. The molecule has 3 aromatic heterocycles. The highest BCUT2D eigenvalue weighted by molar-refractivity contribution is 6.30. The van der Waals surface area contributed by atoms with Crippen LogP contribution in [0.1, 0.15) is 103 Å². The van der Waals surface area contributed by atoms with Gasteiger partial charge in [-0.2, -0.15) is 19.6 Å². The molecule has 0 saturated heterocycles. The predicted octanol–water partition coefficient (Wildman–Crippen LogP) is 7.30. The third kappa shape index (κ3) is 5.34. The first kappa shape index (κ1) is 30.4. The molecule has 0 bridgehead atoms. The van der Waals surface area contributed by atoms with Gasteiger partial charge < -0.3 is 21.4 Å². The Kier molecular flexibility index (Phi) is 7.26. The van der Waals surface area contributed by atoms with Gasteiger partial charge in [-0.05, 0) is 36.7 Å². The fourth-order valence-electron chi connectivity index (χ4n) is 6.01. The van der Waals surface area contributed by atoms with E-state index >= 15 is 0 Å². The average Bonchev–Trinajstić information content (AvgIpc) is 3.58. The molecule has 2 unspecified atom stereocenters. The van der Waals surface area contributed by atoms with E-state index in [9.17, 15) is 5.41 Å². The number of allylic oxidation sites excluding steroid dienone is 5. The zero-order chi connectivity index (χ0) is 32.3. The van der Waals surface area contributed by atoms with Gasteiger partial charge in [-0.25, -0.2) is 0 Å². The zero-order valence-electron chi connectivity index (χ0n) is 27.8. The third-order valence-electron chi connectivity index (χ3n) is 8.24. The number of hydrogen-bond donors (Lipinski definition) is 4. The number of pyridine rings is 1. The molecule has 0 amide bonds. The number of nitrogens with zero attached hydrogens (tertiary/aromatic N) is 5. The standard InChI is InChI=1S/C36H45N9/c1-34(2,3)28(37)25(22-16-10-13-19-38-22)31-41-32-26(23-17-11-14-20-39-23)29(35(4,5)6)42-45(32)33-27(24-18-12-15-21-40-24)30(36(7,8)9)43-44(31)33/h10-21,23-24,37,39-41H,1-9H3/b31-25+,37-28?. The number of anilines is 1. The lowest BCUT2D eigenvalue weighted by atomic mass is 9.83. The predicted molar refractivity (Wildman–Crippen MR) is 183 cm³/mol. The number of dihydropyridines is 2. The van der Waals surface area contributed by atoms with E-state index in [-0.39, 0.29) is 22.9 Å². The molecule has 3 aliphatic rings. The van der Waals surface area contributed by atoms with E-state index in [2.05, 4.69) is 103 Å². The second-order valence-electron chi connectivity index (χ2n) is 15.0. The van der Waals surface area contributed by atoms with E-state index in [0.29, 0.717) is 22.8 Å². The molecular formula is C36H45N9. The molecule has 0 spiro atoms. The molecule has 0 radical (unpaired) electrons. The van der Waals surface area contributed by atoms with Gasteiger partial charge in [-0.15, -0.1) is 0 Å². The van der Waals surface area contributed by atoms with Crippen molar-refractivity contribution in [1.82, 2.24) is 35.2 Å². The van der Waals surface area contributed by atoms with Crippen LogP contribution in [0.15, 0.2) is 73.3 Å². The van der Waals surface area contributed by atoms with Gasteiger partial charge in [0.25, 0.3) is 0 Å². The molecule has 9 nitrogen and oxygen atoms in total. The molecule has 234 valence electrons. The van der Waals surface area contributed by atoms with E-state index in [0.717, 1.165) is 34.2 Å². The summed E-state index contributed by atoms with van der Waals surface area (Å²) in [7, 11) is 0. The van der Waals surface area contributed by atoms with Crippen molar-refractivity contribution in [2.45, 2.75) is 85.2 Å². The summed E-state index contributed by atoms with van der Waals surface area (Å²) >= 11 is 0. The normalized spacial score (nSPS) is 20.2. The summed E-state index contributed by atoms with van der Waals surface area (Å²) in [4.78, 5) is 4.77. The largest absolute Gasteiger partial charge is 0.380 e. The van der Waals surface area contributed by atoms with Gasteiger partial charge in [0, 0.05) is 39.3 Å². The molecule has 2 atom stereocenters. The maximum absolute atomic E-state index is 9.56. The Morgan fingerprint density at radius 1 is 0.756 bits per heavy atom. The molecule has 0 aliphatic carbocycles. The molecule has 6 rings (SSSR count). The Bertz CT molecular complexity index is 1790. The summed E-state index contributed by atoms with van der Waals surface area (Å²) in [5.41, 5.74) is 4.93. The van der Waals surface area contributed by atoms with E-state index < -0.39 is 5.41 Å². The van der Waals surface area contributed by atoms with Crippen LogP contribution in [0, 0.1) is 10.8 Å². The van der Waals surface area contributed by atoms with Crippen molar-refractivity contribution in [2.75, 3.05) is 5.32 Å². The SMILES string of the molecule is CC(C)(C)C(=N)/C(=C1\Nc2c(C3C=CC=CN3)c(C(C)(C)C)nn2-c2c(C3C=CC=CN3)c(C(C)(C)C)nn21)c1ccccn1. The Morgan fingerprint density at radius 2 is 1.33 bits per heavy atom. The number of rotatable bonds is 4. The van der Waals surface area contributed by atoms with Gasteiger partial charge in [0.15, 0.2) is 5.82 Å². The fraction of sp³-hybridized carbons (Fsp3) is 0.389. The first-order valence-electron chi connectivity index (χ1n) is 15.7. The van der Waals surface area contributed by atoms with Gasteiger partial charge in [0.1, 0.15) is 11.6 Å². The van der Waals surface area contributed by atoms with Crippen LogP contribution < -0.4 is 16.0 Å². The maximum atomic E-state index is 9.56. The fourth-order valence-corrected chi connectivity index (χ4v) is 6.01.